The van der Waals surface area contributed by atoms with Crippen LogP contribution < -0.4 is 10.6 Å². The van der Waals surface area contributed by atoms with Crippen molar-refractivity contribution in [2.45, 2.75) is 18.9 Å². The molecular weight excluding hydrogens is 254 g/mol. The highest BCUT2D eigenvalue weighted by molar-refractivity contribution is 7.22. The monoisotopic (exact) mass is 269 g/mol. The standard InChI is InChI=1S/C12H15N3S.ClH/c1-2-6-11-10(5-1)15-12(16-11)14-9-4-3-7-13-8-9;/h1-2,5-6,9,13H,3-4,7-8H2,(H,14,15);1H/t9-;/m0./s1. The van der Waals surface area contributed by atoms with Gasteiger partial charge in [0.1, 0.15) is 0 Å². The van der Waals surface area contributed by atoms with E-state index in [1.807, 2.05) is 6.07 Å². The van der Waals surface area contributed by atoms with E-state index in [1.54, 1.807) is 11.3 Å². The molecule has 0 bridgehead atoms. The Labute approximate surface area is 111 Å². The molecule has 0 radical (unpaired) electrons. The molecule has 17 heavy (non-hydrogen) atoms. The van der Waals surface area contributed by atoms with Crippen molar-refractivity contribution >= 4 is 39.1 Å². The molecule has 2 aromatic rings. The normalized spacial score (nSPS) is 19.9. The maximum atomic E-state index is 4.59. The van der Waals surface area contributed by atoms with Crippen LogP contribution in [0.15, 0.2) is 24.3 Å². The van der Waals surface area contributed by atoms with Crippen molar-refractivity contribution in [3.8, 4) is 0 Å². The van der Waals surface area contributed by atoms with Gasteiger partial charge in [-0.1, -0.05) is 23.5 Å². The van der Waals surface area contributed by atoms with Gasteiger partial charge in [-0.3, -0.25) is 0 Å². The zero-order chi connectivity index (χ0) is 10.8. The van der Waals surface area contributed by atoms with Gasteiger partial charge in [0.15, 0.2) is 5.13 Å². The summed E-state index contributed by atoms with van der Waals surface area (Å²) in [6.07, 6.45) is 2.49. The van der Waals surface area contributed by atoms with Crippen LogP contribution in [0, 0.1) is 0 Å². The highest BCUT2D eigenvalue weighted by Crippen LogP contribution is 2.26. The van der Waals surface area contributed by atoms with Gasteiger partial charge < -0.3 is 10.6 Å². The number of aromatic nitrogens is 1. The van der Waals surface area contributed by atoms with E-state index >= 15 is 0 Å². The Kier molecular flexibility index (Phi) is 4.20. The van der Waals surface area contributed by atoms with E-state index in [1.165, 1.54) is 17.5 Å². The number of anilines is 1. The van der Waals surface area contributed by atoms with E-state index in [2.05, 4.69) is 33.8 Å². The van der Waals surface area contributed by atoms with E-state index in [0.29, 0.717) is 6.04 Å². The third kappa shape index (κ3) is 2.89. The van der Waals surface area contributed by atoms with Crippen LogP contribution in [-0.2, 0) is 0 Å². The molecule has 1 saturated heterocycles. The zero-order valence-corrected chi connectivity index (χ0v) is 11.1. The first-order chi connectivity index (χ1) is 7.92. The summed E-state index contributed by atoms with van der Waals surface area (Å²) >= 11 is 1.74. The van der Waals surface area contributed by atoms with E-state index in [4.69, 9.17) is 0 Å². The second-order valence-corrected chi connectivity index (χ2v) is 5.21. The number of nitrogens with one attached hydrogen (secondary N) is 2. The molecule has 1 aliphatic rings. The van der Waals surface area contributed by atoms with Gasteiger partial charge in [0.25, 0.3) is 0 Å². The van der Waals surface area contributed by atoms with Gasteiger partial charge >= 0.3 is 0 Å². The predicted octanol–water partition coefficient (Wildman–Crippen LogP) is 2.88. The molecule has 0 amide bonds. The summed E-state index contributed by atoms with van der Waals surface area (Å²) in [5.41, 5.74) is 1.10. The van der Waals surface area contributed by atoms with Crippen LogP contribution in [0.4, 0.5) is 5.13 Å². The lowest BCUT2D eigenvalue weighted by molar-refractivity contribution is 0.480. The SMILES string of the molecule is Cl.c1ccc2sc(N[C@H]3CCCNC3)nc2c1. The molecule has 0 aliphatic carbocycles. The van der Waals surface area contributed by atoms with E-state index in [-0.39, 0.29) is 12.4 Å². The van der Waals surface area contributed by atoms with Gasteiger partial charge in [0.2, 0.25) is 0 Å². The summed E-state index contributed by atoms with van der Waals surface area (Å²) in [4.78, 5) is 4.59. The van der Waals surface area contributed by atoms with Crippen LogP contribution in [0.2, 0.25) is 0 Å². The van der Waals surface area contributed by atoms with Crippen LogP contribution in [0.5, 0.6) is 0 Å². The first-order valence-corrected chi connectivity index (χ1v) is 6.56. The number of halogens is 1. The number of piperidine rings is 1. The summed E-state index contributed by atoms with van der Waals surface area (Å²) in [5, 5.41) is 7.97. The molecule has 3 nitrogen and oxygen atoms in total. The number of para-hydroxylation sites is 1. The molecule has 1 fully saturated rings. The molecule has 1 aromatic heterocycles. The number of nitrogens with zero attached hydrogens (tertiary/aromatic N) is 1. The number of hydrogen-bond donors (Lipinski definition) is 2. The molecule has 0 spiro atoms. The lowest BCUT2D eigenvalue weighted by Gasteiger charge is -2.23. The Hall–Kier alpha value is -0.840. The van der Waals surface area contributed by atoms with Crippen LogP contribution in [-0.4, -0.2) is 24.1 Å². The number of rotatable bonds is 2. The Morgan fingerprint density at radius 1 is 1.35 bits per heavy atom. The highest BCUT2D eigenvalue weighted by Gasteiger charge is 2.14. The van der Waals surface area contributed by atoms with Crippen molar-refractivity contribution in [2.24, 2.45) is 0 Å². The van der Waals surface area contributed by atoms with E-state index in [9.17, 15) is 0 Å². The average molecular weight is 270 g/mol. The maximum absolute atomic E-state index is 4.59. The number of fused-ring (bicyclic) bond motifs is 1. The van der Waals surface area contributed by atoms with E-state index < -0.39 is 0 Å². The Bertz CT molecular complexity index is 446. The van der Waals surface area contributed by atoms with E-state index in [0.717, 1.165) is 23.7 Å². The molecule has 92 valence electrons. The van der Waals surface area contributed by atoms with Crippen LogP contribution in [0.3, 0.4) is 0 Å². The first-order valence-electron chi connectivity index (χ1n) is 5.75. The van der Waals surface area contributed by atoms with Crippen molar-refractivity contribution in [3.63, 3.8) is 0 Å². The zero-order valence-electron chi connectivity index (χ0n) is 9.48. The van der Waals surface area contributed by atoms with Crippen LogP contribution >= 0.6 is 23.7 Å². The smallest absolute Gasteiger partial charge is 0.184 e. The topological polar surface area (TPSA) is 37.0 Å². The third-order valence-corrected chi connectivity index (χ3v) is 3.89. The van der Waals surface area contributed by atoms with Crippen molar-refractivity contribution in [1.82, 2.24) is 10.3 Å². The summed E-state index contributed by atoms with van der Waals surface area (Å²) in [6, 6.07) is 8.82. The Morgan fingerprint density at radius 3 is 3.00 bits per heavy atom. The minimum absolute atomic E-state index is 0. The fourth-order valence-electron chi connectivity index (χ4n) is 2.08. The second-order valence-electron chi connectivity index (χ2n) is 4.17. The lowest BCUT2D eigenvalue weighted by Crippen LogP contribution is -2.38. The number of hydrogen-bond acceptors (Lipinski definition) is 4. The maximum Gasteiger partial charge on any atom is 0.184 e. The van der Waals surface area contributed by atoms with Crippen molar-refractivity contribution in [2.75, 3.05) is 18.4 Å². The van der Waals surface area contributed by atoms with Gasteiger partial charge in [-0.2, -0.15) is 0 Å². The predicted molar refractivity (Wildman–Crippen MR) is 76.4 cm³/mol. The van der Waals surface area contributed by atoms with Gasteiger partial charge in [-0.15, -0.1) is 12.4 Å². The third-order valence-electron chi connectivity index (χ3n) is 2.92. The molecule has 2 heterocycles. The Balaban J connectivity index is 0.00000108. The fraction of sp³-hybridized carbons (Fsp3) is 0.417. The first kappa shape index (κ1) is 12.6. The van der Waals surface area contributed by atoms with Gasteiger partial charge in [0.05, 0.1) is 10.2 Å². The lowest BCUT2D eigenvalue weighted by atomic mass is 10.1. The largest absolute Gasteiger partial charge is 0.357 e. The molecule has 1 aliphatic heterocycles. The van der Waals surface area contributed by atoms with Crippen molar-refractivity contribution in [3.05, 3.63) is 24.3 Å². The minimum Gasteiger partial charge on any atom is -0.357 e. The molecule has 2 N–H and O–H groups in total. The Morgan fingerprint density at radius 2 is 2.24 bits per heavy atom. The van der Waals surface area contributed by atoms with Crippen LogP contribution in [0.1, 0.15) is 12.8 Å². The molecule has 1 atom stereocenters. The quantitative estimate of drug-likeness (QED) is 0.880. The molecular formula is C12H16ClN3S. The molecule has 0 saturated carbocycles. The number of thiazole rings is 1. The van der Waals surface area contributed by atoms with Crippen molar-refractivity contribution < 1.29 is 0 Å². The second kappa shape index (κ2) is 5.67. The summed E-state index contributed by atoms with van der Waals surface area (Å²) in [7, 11) is 0. The van der Waals surface area contributed by atoms with Gasteiger partial charge in [-0.25, -0.2) is 4.98 Å². The van der Waals surface area contributed by atoms with Crippen molar-refractivity contribution in [1.29, 1.82) is 0 Å². The summed E-state index contributed by atoms with van der Waals surface area (Å²) in [5.74, 6) is 0. The molecule has 3 rings (SSSR count). The molecule has 0 unspecified atom stereocenters. The van der Waals surface area contributed by atoms with Gasteiger partial charge in [-0.05, 0) is 31.5 Å². The molecule has 1 aromatic carbocycles. The molecule has 5 heteroatoms. The fourth-order valence-corrected chi connectivity index (χ4v) is 3.03. The van der Waals surface area contributed by atoms with Gasteiger partial charge in [0, 0.05) is 12.6 Å². The summed E-state index contributed by atoms with van der Waals surface area (Å²) in [6.45, 7) is 2.20. The van der Waals surface area contributed by atoms with Crippen LogP contribution in [0.25, 0.3) is 10.2 Å². The average Bonchev–Trinajstić information content (AvgIpc) is 2.72. The number of benzene rings is 1. The minimum atomic E-state index is 0. The summed E-state index contributed by atoms with van der Waals surface area (Å²) < 4.78 is 1.26. The highest BCUT2D eigenvalue weighted by atomic mass is 35.5.